The molecule has 2 N–H and O–H groups in total. The summed E-state index contributed by atoms with van der Waals surface area (Å²) < 4.78 is 32.8. The van der Waals surface area contributed by atoms with Gasteiger partial charge in [-0.15, -0.1) is 0 Å². The van der Waals surface area contributed by atoms with E-state index in [9.17, 15) is 18.0 Å². The maximum atomic E-state index is 12.7. The maximum Gasteiger partial charge on any atom is 0.264 e. The van der Waals surface area contributed by atoms with Crippen LogP contribution in [0.25, 0.3) is 0 Å². The van der Waals surface area contributed by atoms with Gasteiger partial charge in [0.05, 0.1) is 10.8 Å². The summed E-state index contributed by atoms with van der Waals surface area (Å²) in [7, 11) is -3.87. The molecule has 1 aromatic carbocycles. The number of benzene rings is 1. The van der Waals surface area contributed by atoms with Crippen LogP contribution in [0, 0.1) is 12.8 Å². The molecule has 1 atom stereocenters. The molecule has 2 aliphatic heterocycles. The van der Waals surface area contributed by atoms with E-state index in [4.69, 9.17) is 4.74 Å². The first kappa shape index (κ1) is 22.2. The molecule has 170 valence electrons. The number of anilines is 2. The number of sulfonamides is 1. The average Bonchev–Trinajstić information content (AvgIpc) is 3.16. The van der Waals surface area contributed by atoms with Gasteiger partial charge in [0, 0.05) is 49.8 Å². The Morgan fingerprint density at radius 1 is 1.16 bits per heavy atom. The van der Waals surface area contributed by atoms with Crippen molar-refractivity contribution in [2.45, 2.75) is 37.1 Å². The SMILES string of the molecule is Cc1ccnc(NS(=O)(=O)c2ccc(NC(=O)C3CC(=O)N(C4CCOCC4)C3)cc2)n1. The molecule has 0 aliphatic carbocycles. The number of nitrogens with one attached hydrogen (secondary N) is 2. The lowest BCUT2D eigenvalue weighted by atomic mass is 10.1. The molecule has 2 fully saturated rings. The van der Waals surface area contributed by atoms with Crippen molar-refractivity contribution in [1.29, 1.82) is 0 Å². The second kappa shape index (κ2) is 9.21. The first-order chi connectivity index (χ1) is 15.3. The van der Waals surface area contributed by atoms with Crippen molar-refractivity contribution in [3.8, 4) is 0 Å². The number of rotatable bonds is 6. The zero-order chi connectivity index (χ0) is 22.7. The number of hydrogen-bond acceptors (Lipinski definition) is 7. The Kier molecular flexibility index (Phi) is 6.38. The summed E-state index contributed by atoms with van der Waals surface area (Å²) in [5, 5.41) is 2.78. The molecule has 0 radical (unpaired) electrons. The molecule has 0 bridgehead atoms. The Balaban J connectivity index is 1.37. The van der Waals surface area contributed by atoms with Gasteiger partial charge in [0.2, 0.25) is 17.8 Å². The van der Waals surface area contributed by atoms with Crippen LogP contribution in [-0.2, 0) is 24.3 Å². The summed E-state index contributed by atoms with van der Waals surface area (Å²) in [4.78, 5) is 34.8. The van der Waals surface area contributed by atoms with E-state index in [2.05, 4.69) is 20.0 Å². The number of likely N-dealkylation sites (tertiary alicyclic amines) is 1. The lowest BCUT2D eigenvalue weighted by molar-refractivity contribution is -0.131. The van der Waals surface area contributed by atoms with E-state index in [0.29, 0.717) is 31.1 Å². The summed E-state index contributed by atoms with van der Waals surface area (Å²) in [6.45, 7) is 3.39. The summed E-state index contributed by atoms with van der Waals surface area (Å²) in [6.07, 6.45) is 3.22. The molecule has 4 rings (SSSR count). The molecule has 0 spiro atoms. The minimum atomic E-state index is -3.87. The van der Waals surface area contributed by atoms with E-state index in [1.165, 1.54) is 30.5 Å². The highest BCUT2D eigenvalue weighted by Crippen LogP contribution is 2.26. The molecule has 0 saturated carbocycles. The van der Waals surface area contributed by atoms with E-state index in [1.807, 2.05) is 0 Å². The van der Waals surface area contributed by atoms with Gasteiger partial charge >= 0.3 is 0 Å². The number of hydrogen-bond donors (Lipinski definition) is 2. The number of aryl methyl sites for hydroxylation is 1. The molecule has 11 heteroatoms. The van der Waals surface area contributed by atoms with Gasteiger partial charge in [0.25, 0.3) is 10.0 Å². The molecular formula is C21H25N5O5S. The summed E-state index contributed by atoms with van der Waals surface area (Å²) in [5.74, 6) is -0.714. The second-order valence-electron chi connectivity index (χ2n) is 7.93. The molecule has 2 amide bonds. The second-order valence-corrected chi connectivity index (χ2v) is 9.61. The highest BCUT2D eigenvalue weighted by Gasteiger charge is 2.38. The van der Waals surface area contributed by atoms with Crippen LogP contribution in [-0.4, -0.2) is 60.9 Å². The number of amides is 2. The van der Waals surface area contributed by atoms with Crippen LogP contribution in [0.1, 0.15) is 25.0 Å². The number of nitrogens with zero attached hydrogens (tertiary/aromatic N) is 3. The predicted molar refractivity (Wildman–Crippen MR) is 116 cm³/mol. The number of carbonyl (C=O) groups excluding carboxylic acids is 2. The van der Waals surface area contributed by atoms with Gasteiger partial charge in [-0.3, -0.25) is 9.59 Å². The monoisotopic (exact) mass is 459 g/mol. The minimum absolute atomic E-state index is 0.0112. The fraction of sp³-hybridized carbons (Fsp3) is 0.429. The van der Waals surface area contributed by atoms with Gasteiger partial charge < -0.3 is 15.0 Å². The Labute approximate surface area is 186 Å². The Hall–Kier alpha value is -3.05. The average molecular weight is 460 g/mol. The van der Waals surface area contributed by atoms with E-state index in [-0.39, 0.29) is 35.1 Å². The van der Waals surface area contributed by atoms with Crippen LogP contribution >= 0.6 is 0 Å². The van der Waals surface area contributed by atoms with Crippen LogP contribution in [0.4, 0.5) is 11.6 Å². The van der Waals surface area contributed by atoms with Crippen molar-refractivity contribution < 1.29 is 22.7 Å². The minimum Gasteiger partial charge on any atom is -0.381 e. The summed E-state index contributed by atoms with van der Waals surface area (Å²) in [5.41, 5.74) is 1.09. The Morgan fingerprint density at radius 2 is 1.88 bits per heavy atom. The van der Waals surface area contributed by atoms with Crippen LogP contribution in [0.15, 0.2) is 41.4 Å². The molecule has 3 heterocycles. The van der Waals surface area contributed by atoms with Crippen LogP contribution in [0.2, 0.25) is 0 Å². The zero-order valence-electron chi connectivity index (χ0n) is 17.7. The van der Waals surface area contributed by atoms with Crippen molar-refractivity contribution in [3.63, 3.8) is 0 Å². The number of ether oxygens (including phenoxy) is 1. The van der Waals surface area contributed by atoms with E-state index in [0.717, 1.165) is 12.8 Å². The quantitative estimate of drug-likeness (QED) is 0.670. The molecule has 2 saturated heterocycles. The maximum absolute atomic E-state index is 12.7. The third-order valence-corrected chi connectivity index (χ3v) is 6.96. The highest BCUT2D eigenvalue weighted by atomic mass is 32.2. The third kappa shape index (κ3) is 5.05. The van der Waals surface area contributed by atoms with Crippen molar-refractivity contribution in [2.75, 3.05) is 29.8 Å². The van der Waals surface area contributed by atoms with E-state index < -0.39 is 15.9 Å². The largest absolute Gasteiger partial charge is 0.381 e. The van der Waals surface area contributed by atoms with E-state index >= 15 is 0 Å². The number of aromatic nitrogens is 2. The van der Waals surface area contributed by atoms with E-state index in [1.54, 1.807) is 17.9 Å². The first-order valence-electron chi connectivity index (χ1n) is 10.4. The number of carbonyl (C=O) groups is 2. The molecule has 2 aromatic rings. The fourth-order valence-electron chi connectivity index (χ4n) is 3.90. The lowest BCUT2D eigenvalue weighted by Gasteiger charge is -2.31. The highest BCUT2D eigenvalue weighted by molar-refractivity contribution is 7.92. The van der Waals surface area contributed by atoms with Crippen LogP contribution < -0.4 is 10.0 Å². The summed E-state index contributed by atoms with van der Waals surface area (Å²) in [6, 6.07) is 7.59. The zero-order valence-corrected chi connectivity index (χ0v) is 18.5. The lowest BCUT2D eigenvalue weighted by Crippen LogP contribution is -2.41. The van der Waals surface area contributed by atoms with Crippen LogP contribution in [0.3, 0.4) is 0 Å². The normalized spacial score (nSPS) is 19.7. The van der Waals surface area contributed by atoms with Crippen LogP contribution in [0.5, 0.6) is 0 Å². The molecule has 10 nitrogen and oxygen atoms in total. The topological polar surface area (TPSA) is 131 Å². The summed E-state index contributed by atoms with van der Waals surface area (Å²) >= 11 is 0. The van der Waals surface area contributed by atoms with Gasteiger partial charge in [-0.25, -0.2) is 23.1 Å². The fourth-order valence-corrected chi connectivity index (χ4v) is 4.85. The standard InChI is InChI=1S/C21H25N5O5S/c1-14-6-9-22-21(23-14)25-32(29,30)18-4-2-16(3-5-18)24-20(28)15-12-19(27)26(13-15)17-7-10-31-11-8-17/h2-6,9,15,17H,7-8,10-13H2,1H3,(H,24,28)(H,22,23,25). The van der Waals surface area contributed by atoms with Gasteiger partial charge in [0.15, 0.2) is 0 Å². The van der Waals surface area contributed by atoms with Crippen molar-refractivity contribution >= 4 is 33.5 Å². The van der Waals surface area contributed by atoms with Crippen molar-refractivity contribution in [3.05, 3.63) is 42.2 Å². The third-order valence-electron chi connectivity index (χ3n) is 5.61. The predicted octanol–water partition coefficient (Wildman–Crippen LogP) is 1.55. The first-order valence-corrected chi connectivity index (χ1v) is 11.9. The molecule has 2 aliphatic rings. The van der Waals surface area contributed by atoms with Gasteiger partial charge in [-0.1, -0.05) is 0 Å². The molecule has 1 unspecified atom stereocenters. The van der Waals surface area contributed by atoms with Gasteiger partial charge in [-0.05, 0) is 50.1 Å². The van der Waals surface area contributed by atoms with Crippen molar-refractivity contribution in [2.24, 2.45) is 5.92 Å². The molecular weight excluding hydrogens is 434 g/mol. The van der Waals surface area contributed by atoms with Gasteiger partial charge in [0.1, 0.15) is 0 Å². The Morgan fingerprint density at radius 3 is 2.56 bits per heavy atom. The van der Waals surface area contributed by atoms with Gasteiger partial charge in [-0.2, -0.15) is 0 Å². The smallest absolute Gasteiger partial charge is 0.264 e. The molecule has 32 heavy (non-hydrogen) atoms. The molecule has 1 aromatic heterocycles. The Bertz CT molecular complexity index is 1100. The van der Waals surface area contributed by atoms with Crippen molar-refractivity contribution in [1.82, 2.24) is 14.9 Å².